The number of nitrogens with zero attached hydrogens (tertiary/aromatic N) is 3. The van der Waals surface area contributed by atoms with Crippen LogP contribution in [0, 0.1) is 0 Å². The van der Waals surface area contributed by atoms with Gasteiger partial charge in [0.1, 0.15) is 11.5 Å². The lowest BCUT2D eigenvalue weighted by Crippen LogP contribution is -2.01. The number of rotatable bonds is 4. The Balaban J connectivity index is 2.20. The third-order valence-electron chi connectivity index (χ3n) is 2.51. The first-order chi connectivity index (χ1) is 9.79. The van der Waals surface area contributed by atoms with Gasteiger partial charge in [-0.1, -0.05) is 35.5 Å². The zero-order chi connectivity index (χ0) is 14.2. The van der Waals surface area contributed by atoms with Crippen molar-refractivity contribution in [1.82, 2.24) is 0 Å². The Labute approximate surface area is 116 Å². The smallest absolute Gasteiger partial charge is 0.115 e. The number of hydrogen-bond acceptors (Lipinski definition) is 5. The van der Waals surface area contributed by atoms with Gasteiger partial charge in [0.15, 0.2) is 0 Å². The average Bonchev–Trinajstić information content (AvgIpc) is 2.49. The summed E-state index contributed by atoms with van der Waals surface area (Å²) in [7, 11) is 0. The van der Waals surface area contributed by atoms with Crippen molar-refractivity contribution in [3.8, 4) is 5.75 Å². The maximum atomic E-state index is 9.17. The third kappa shape index (κ3) is 3.78. The molecule has 0 fully saturated rings. The minimum absolute atomic E-state index is 0.197. The van der Waals surface area contributed by atoms with Gasteiger partial charge in [0, 0.05) is 5.56 Å². The summed E-state index contributed by atoms with van der Waals surface area (Å²) in [4.78, 5) is 0. The van der Waals surface area contributed by atoms with Crippen LogP contribution in [0.15, 0.2) is 70.0 Å². The molecule has 2 rings (SSSR count). The van der Waals surface area contributed by atoms with Gasteiger partial charge in [0.05, 0.1) is 12.4 Å². The molecule has 0 aliphatic carbocycles. The maximum Gasteiger partial charge on any atom is 0.115 e. The molecule has 0 aromatic heterocycles. The standard InChI is InChI=1S/C15H13N3O2/c19-14-8-6-12(7-9-14)10-16-18-15(11-17-20)13-4-2-1-3-5-13/h1-11,19-20H/b16-10+,17-11+,18-15+. The van der Waals surface area contributed by atoms with Gasteiger partial charge < -0.3 is 10.3 Å². The summed E-state index contributed by atoms with van der Waals surface area (Å²) in [6.45, 7) is 0. The van der Waals surface area contributed by atoms with Gasteiger partial charge in [-0.3, -0.25) is 0 Å². The molecule has 0 aliphatic rings. The SMILES string of the molecule is O/N=C/C(=N\N=C\c1ccc(O)cc1)c1ccccc1. The molecule has 0 saturated heterocycles. The molecule has 0 amide bonds. The van der Waals surface area contributed by atoms with E-state index in [-0.39, 0.29) is 5.75 Å². The van der Waals surface area contributed by atoms with E-state index in [9.17, 15) is 5.11 Å². The van der Waals surface area contributed by atoms with E-state index in [2.05, 4.69) is 15.4 Å². The predicted molar refractivity (Wildman–Crippen MR) is 79.0 cm³/mol. The van der Waals surface area contributed by atoms with Gasteiger partial charge in [0.2, 0.25) is 0 Å². The summed E-state index contributed by atoms with van der Waals surface area (Å²) in [6.07, 6.45) is 2.77. The molecule has 5 nitrogen and oxygen atoms in total. The number of aromatic hydroxyl groups is 1. The van der Waals surface area contributed by atoms with E-state index < -0.39 is 0 Å². The summed E-state index contributed by atoms with van der Waals surface area (Å²) in [5.74, 6) is 0.197. The van der Waals surface area contributed by atoms with Gasteiger partial charge in [-0.15, -0.1) is 5.10 Å². The molecule has 0 unspecified atom stereocenters. The van der Waals surface area contributed by atoms with Crippen LogP contribution in [0.3, 0.4) is 0 Å². The lowest BCUT2D eigenvalue weighted by atomic mass is 10.1. The molecule has 0 atom stereocenters. The number of benzene rings is 2. The Hall–Kier alpha value is -2.95. The number of phenolic OH excluding ortho intramolecular Hbond substituents is 1. The van der Waals surface area contributed by atoms with Crippen LogP contribution in [0.2, 0.25) is 0 Å². The molecule has 2 N–H and O–H groups in total. The van der Waals surface area contributed by atoms with Crippen molar-refractivity contribution >= 4 is 18.1 Å². The second-order valence-electron chi connectivity index (χ2n) is 3.93. The van der Waals surface area contributed by atoms with E-state index >= 15 is 0 Å². The van der Waals surface area contributed by atoms with Crippen LogP contribution < -0.4 is 0 Å². The van der Waals surface area contributed by atoms with Gasteiger partial charge >= 0.3 is 0 Å². The van der Waals surface area contributed by atoms with Crippen LogP contribution >= 0.6 is 0 Å². The summed E-state index contributed by atoms with van der Waals surface area (Å²) >= 11 is 0. The van der Waals surface area contributed by atoms with Crippen LogP contribution in [0.1, 0.15) is 11.1 Å². The fourth-order valence-electron chi connectivity index (χ4n) is 1.54. The largest absolute Gasteiger partial charge is 0.508 e. The molecule has 2 aromatic rings. The second kappa shape index (κ2) is 6.84. The Bertz CT molecular complexity index is 632. The van der Waals surface area contributed by atoms with E-state index in [1.54, 1.807) is 30.5 Å². The zero-order valence-corrected chi connectivity index (χ0v) is 10.6. The number of phenols is 1. The minimum atomic E-state index is 0.197. The molecule has 0 bridgehead atoms. The lowest BCUT2D eigenvalue weighted by Gasteiger charge is -1.97. The van der Waals surface area contributed by atoms with E-state index in [0.717, 1.165) is 11.1 Å². The highest BCUT2D eigenvalue weighted by Gasteiger charge is 1.99. The van der Waals surface area contributed by atoms with Crippen molar-refractivity contribution in [2.24, 2.45) is 15.4 Å². The summed E-state index contributed by atoms with van der Waals surface area (Å²) < 4.78 is 0. The molecule has 2 aromatic carbocycles. The van der Waals surface area contributed by atoms with Crippen LogP contribution in [0.25, 0.3) is 0 Å². The van der Waals surface area contributed by atoms with Crippen molar-refractivity contribution in [2.45, 2.75) is 0 Å². The van der Waals surface area contributed by atoms with Crippen LogP contribution in [-0.2, 0) is 0 Å². The first-order valence-electron chi connectivity index (χ1n) is 5.92. The average molecular weight is 267 g/mol. The van der Waals surface area contributed by atoms with Crippen LogP contribution in [0.5, 0.6) is 5.75 Å². The van der Waals surface area contributed by atoms with E-state index in [0.29, 0.717) is 5.71 Å². The van der Waals surface area contributed by atoms with Crippen LogP contribution in [-0.4, -0.2) is 28.5 Å². The number of oxime groups is 1. The molecule has 0 aliphatic heterocycles. The minimum Gasteiger partial charge on any atom is -0.508 e. The molecule has 5 heteroatoms. The van der Waals surface area contributed by atoms with Gasteiger partial charge in [-0.2, -0.15) is 5.10 Å². The Morgan fingerprint density at radius 1 is 0.950 bits per heavy atom. The van der Waals surface area contributed by atoms with E-state index in [4.69, 9.17) is 5.21 Å². The topological polar surface area (TPSA) is 77.5 Å². The van der Waals surface area contributed by atoms with Crippen molar-refractivity contribution in [1.29, 1.82) is 0 Å². The zero-order valence-electron chi connectivity index (χ0n) is 10.6. The van der Waals surface area contributed by atoms with Gasteiger partial charge in [-0.05, 0) is 29.8 Å². The molecular formula is C15H13N3O2. The lowest BCUT2D eigenvalue weighted by molar-refractivity contribution is 0.322. The molecule has 0 spiro atoms. The first kappa shape index (κ1) is 13.5. The molecule has 0 heterocycles. The molecule has 100 valence electrons. The fraction of sp³-hybridized carbons (Fsp3) is 0. The number of hydrogen-bond donors (Lipinski definition) is 2. The first-order valence-corrected chi connectivity index (χ1v) is 5.92. The van der Waals surface area contributed by atoms with Crippen molar-refractivity contribution in [3.63, 3.8) is 0 Å². The molecule has 0 saturated carbocycles. The van der Waals surface area contributed by atoms with E-state index in [1.807, 2.05) is 30.3 Å². The van der Waals surface area contributed by atoms with Crippen LogP contribution in [0.4, 0.5) is 0 Å². The second-order valence-corrected chi connectivity index (χ2v) is 3.93. The Morgan fingerprint density at radius 3 is 2.30 bits per heavy atom. The summed E-state index contributed by atoms with van der Waals surface area (Å²) in [6, 6.07) is 15.9. The predicted octanol–water partition coefficient (Wildman–Crippen LogP) is 2.68. The summed E-state index contributed by atoms with van der Waals surface area (Å²) in [5, 5.41) is 28.8. The Kier molecular flexibility index (Phi) is 4.61. The quantitative estimate of drug-likeness (QED) is 0.507. The van der Waals surface area contributed by atoms with Crippen molar-refractivity contribution in [2.75, 3.05) is 0 Å². The van der Waals surface area contributed by atoms with Gasteiger partial charge in [-0.25, -0.2) is 0 Å². The fourth-order valence-corrected chi connectivity index (χ4v) is 1.54. The normalized spacial score (nSPS) is 12.3. The van der Waals surface area contributed by atoms with Crippen molar-refractivity contribution < 1.29 is 10.3 Å². The third-order valence-corrected chi connectivity index (χ3v) is 2.51. The van der Waals surface area contributed by atoms with E-state index in [1.165, 1.54) is 6.21 Å². The molecule has 0 radical (unpaired) electrons. The monoisotopic (exact) mass is 267 g/mol. The van der Waals surface area contributed by atoms with Crippen molar-refractivity contribution in [3.05, 3.63) is 65.7 Å². The highest BCUT2D eigenvalue weighted by Crippen LogP contribution is 2.08. The Morgan fingerprint density at radius 2 is 1.65 bits per heavy atom. The highest BCUT2D eigenvalue weighted by atomic mass is 16.4. The maximum absolute atomic E-state index is 9.17. The molecular weight excluding hydrogens is 254 g/mol. The summed E-state index contributed by atoms with van der Waals surface area (Å²) in [5.41, 5.74) is 2.05. The van der Waals surface area contributed by atoms with Gasteiger partial charge in [0.25, 0.3) is 0 Å². The molecule has 20 heavy (non-hydrogen) atoms. The highest BCUT2D eigenvalue weighted by molar-refractivity contribution is 6.38.